The van der Waals surface area contributed by atoms with E-state index in [0.717, 1.165) is 22.5 Å². The lowest BCUT2D eigenvalue weighted by atomic mass is 10.1. The van der Waals surface area contributed by atoms with Crippen molar-refractivity contribution in [2.24, 2.45) is 11.8 Å². The number of hydrogen-bond acceptors (Lipinski definition) is 2. The number of para-hydroxylation sites is 1. The molecule has 2 atom stereocenters. The summed E-state index contributed by atoms with van der Waals surface area (Å²) in [6.07, 6.45) is 0.607. The fraction of sp³-hybridized carbons (Fsp3) is 0.263. The van der Waals surface area contributed by atoms with Gasteiger partial charge in [-0.15, -0.1) is 0 Å². The van der Waals surface area contributed by atoms with Crippen LogP contribution in [0, 0.1) is 25.7 Å². The molecule has 0 aromatic heterocycles. The Morgan fingerprint density at radius 2 is 1.57 bits per heavy atom. The fourth-order valence-corrected chi connectivity index (χ4v) is 2.63. The van der Waals surface area contributed by atoms with E-state index in [-0.39, 0.29) is 23.7 Å². The lowest BCUT2D eigenvalue weighted by molar-refractivity contribution is -0.122. The third-order valence-corrected chi connectivity index (χ3v) is 4.16. The zero-order valence-corrected chi connectivity index (χ0v) is 13.3. The lowest BCUT2D eigenvalue weighted by Crippen LogP contribution is -2.20. The summed E-state index contributed by atoms with van der Waals surface area (Å²) in [7, 11) is 0. The molecule has 1 saturated carbocycles. The maximum absolute atomic E-state index is 12.3. The molecule has 1 aliphatic rings. The average Bonchev–Trinajstić information content (AvgIpc) is 3.33. The second kappa shape index (κ2) is 6.24. The van der Waals surface area contributed by atoms with E-state index in [1.165, 1.54) is 0 Å². The molecule has 2 N–H and O–H groups in total. The van der Waals surface area contributed by atoms with Crippen molar-refractivity contribution in [3.63, 3.8) is 0 Å². The summed E-state index contributed by atoms with van der Waals surface area (Å²) >= 11 is 0. The van der Waals surface area contributed by atoms with Crippen LogP contribution in [-0.4, -0.2) is 11.8 Å². The zero-order valence-electron chi connectivity index (χ0n) is 13.3. The molecule has 23 heavy (non-hydrogen) atoms. The molecule has 2 aromatic carbocycles. The van der Waals surface area contributed by atoms with Gasteiger partial charge in [0.1, 0.15) is 0 Å². The van der Waals surface area contributed by atoms with Gasteiger partial charge in [0.25, 0.3) is 0 Å². The van der Waals surface area contributed by atoms with E-state index >= 15 is 0 Å². The van der Waals surface area contributed by atoms with E-state index in [1.54, 1.807) is 0 Å². The maximum Gasteiger partial charge on any atom is 0.228 e. The van der Waals surface area contributed by atoms with Crippen molar-refractivity contribution >= 4 is 23.2 Å². The molecule has 3 rings (SSSR count). The predicted molar refractivity (Wildman–Crippen MR) is 91.2 cm³/mol. The standard InChI is InChI=1S/C19H20N2O2/c1-12-8-9-13(2)17(10-12)21-19(23)16-11-15(16)18(22)20-14-6-4-3-5-7-14/h3-10,15-16H,11H2,1-2H3,(H,20,22)(H,21,23). The highest BCUT2D eigenvalue weighted by atomic mass is 16.2. The Morgan fingerprint density at radius 3 is 2.26 bits per heavy atom. The average molecular weight is 308 g/mol. The zero-order chi connectivity index (χ0) is 16.4. The third kappa shape index (κ3) is 3.59. The maximum atomic E-state index is 12.3. The van der Waals surface area contributed by atoms with E-state index in [1.807, 2.05) is 62.4 Å². The summed E-state index contributed by atoms with van der Waals surface area (Å²) < 4.78 is 0. The number of anilines is 2. The molecule has 0 spiro atoms. The van der Waals surface area contributed by atoms with E-state index in [9.17, 15) is 9.59 Å². The number of carbonyl (C=O) groups excluding carboxylic acids is 2. The van der Waals surface area contributed by atoms with Crippen molar-refractivity contribution in [3.05, 3.63) is 59.7 Å². The van der Waals surface area contributed by atoms with Crippen LogP contribution in [0.3, 0.4) is 0 Å². The first kappa shape index (κ1) is 15.3. The van der Waals surface area contributed by atoms with Crippen molar-refractivity contribution in [2.75, 3.05) is 10.6 Å². The van der Waals surface area contributed by atoms with E-state index in [0.29, 0.717) is 6.42 Å². The summed E-state index contributed by atoms with van der Waals surface area (Å²) in [6.45, 7) is 3.95. The predicted octanol–water partition coefficient (Wildman–Crippen LogP) is 3.52. The number of nitrogens with one attached hydrogen (secondary N) is 2. The minimum Gasteiger partial charge on any atom is -0.326 e. The van der Waals surface area contributed by atoms with Crippen LogP contribution in [0.4, 0.5) is 11.4 Å². The Bertz CT molecular complexity index is 740. The number of benzene rings is 2. The topological polar surface area (TPSA) is 58.2 Å². The van der Waals surface area contributed by atoms with Crippen LogP contribution >= 0.6 is 0 Å². The Labute approximate surface area is 135 Å². The summed E-state index contributed by atoms with van der Waals surface area (Å²) in [4.78, 5) is 24.5. The molecular weight excluding hydrogens is 288 g/mol. The number of carbonyl (C=O) groups is 2. The molecule has 2 unspecified atom stereocenters. The molecular formula is C19H20N2O2. The van der Waals surface area contributed by atoms with Crippen LogP contribution in [0.15, 0.2) is 48.5 Å². The molecule has 0 saturated heterocycles. The van der Waals surface area contributed by atoms with Gasteiger partial charge >= 0.3 is 0 Å². The van der Waals surface area contributed by atoms with Crippen molar-refractivity contribution < 1.29 is 9.59 Å². The van der Waals surface area contributed by atoms with Gasteiger partial charge in [0, 0.05) is 11.4 Å². The summed E-state index contributed by atoms with van der Waals surface area (Å²) in [5.41, 5.74) is 3.71. The number of rotatable bonds is 4. The highest BCUT2D eigenvalue weighted by Gasteiger charge is 2.48. The second-order valence-corrected chi connectivity index (χ2v) is 6.11. The number of amides is 2. The number of aryl methyl sites for hydroxylation is 2. The van der Waals surface area contributed by atoms with Crippen molar-refractivity contribution in [1.29, 1.82) is 0 Å². The van der Waals surface area contributed by atoms with Crippen molar-refractivity contribution in [2.45, 2.75) is 20.3 Å². The summed E-state index contributed by atoms with van der Waals surface area (Å²) in [6, 6.07) is 15.3. The summed E-state index contributed by atoms with van der Waals surface area (Å²) in [5, 5.41) is 5.80. The molecule has 0 bridgehead atoms. The normalized spacial score (nSPS) is 19.0. The minimum atomic E-state index is -0.237. The summed E-state index contributed by atoms with van der Waals surface area (Å²) in [5.74, 6) is -0.636. The SMILES string of the molecule is Cc1ccc(C)c(NC(=O)C2CC2C(=O)Nc2ccccc2)c1. The molecule has 2 aromatic rings. The fourth-order valence-electron chi connectivity index (χ4n) is 2.63. The van der Waals surface area contributed by atoms with Crippen LogP contribution in [-0.2, 0) is 9.59 Å². The van der Waals surface area contributed by atoms with E-state index in [4.69, 9.17) is 0 Å². The molecule has 2 amide bonds. The van der Waals surface area contributed by atoms with Crippen LogP contribution in [0.5, 0.6) is 0 Å². The largest absolute Gasteiger partial charge is 0.326 e. The Balaban J connectivity index is 1.58. The first-order valence-corrected chi connectivity index (χ1v) is 7.78. The van der Waals surface area contributed by atoms with Crippen LogP contribution in [0.25, 0.3) is 0 Å². The number of hydrogen-bond donors (Lipinski definition) is 2. The third-order valence-electron chi connectivity index (χ3n) is 4.16. The Kier molecular flexibility index (Phi) is 4.15. The van der Waals surface area contributed by atoms with Gasteiger partial charge in [0.05, 0.1) is 11.8 Å². The molecule has 1 fully saturated rings. The van der Waals surface area contributed by atoms with Gasteiger partial charge in [0.2, 0.25) is 11.8 Å². The lowest BCUT2D eigenvalue weighted by Gasteiger charge is -2.09. The van der Waals surface area contributed by atoms with Gasteiger partial charge in [0.15, 0.2) is 0 Å². The molecule has 4 heteroatoms. The first-order chi connectivity index (χ1) is 11.0. The van der Waals surface area contributed by atoms with Gasteiger partial charge in [-0.3, -0.25) is 9.59 Å². The van der Waals surface area contributed by atoms with E-state index in [2.05, 4.69) is 10.6 Å². The molecule has 118 valence electrons. The van der Waals surface area contributed by atoms with Crippen LogP contribution < -0.4 is 10.6 Å². The molecule has 0 radical (unpaired) electrons. The smallest absolute Gasteiger partial charge is 0.228 e. The van der Waals surface area contributed by atoms with Gasteiger partial charge in [-0.25, -0.2) is 0 Å². The van der Waals surface area contributed by atoms with Crippen molar-refractivity contribution in [3.8, 4) is 0 Å². The van der Waals surface area contributed by atoms with E-state index < -0.39 is 0 Å². The first-order valence-electron chi connectivity index (χ1n) is 7.78. The second-order valence-electron chi connectivity index (χ2n) is 6.11. The van der Waals surface area contributed by atoms with Crippen LogP contribution in [0.2, 0.25) is 0 Å². The quantitative estimate of drug-likeness (QED) is 0.908. The van der Waals surface area contributed by atoms with Gasteiger partial charge in [-0.2, -0.15) is 0 Å². The minimum absolute atomic E-state index is 0.0769. The van der Waals surface area contributed by atoms with Gasteiger partial charge in [-0.1, -0.05) is 30.3 Å². The highest BCUT2D eigenvalue weighted by Crippen LogP contribution is 2.40. The monoisotopic (exact) mass is 308 g/mol. The molecule has 4 nitrogen and oxygen atoms in total. The van der Waals surface area contributed by atoms with Gasteiger partial charge in [-0.05, 0) is 49.6 Å². The Morgan fingerprint density at radius 1 is 0.913 bits per heavy atom. The Hall–Kier alpha value is -2.62. The molecule has 1 aliphatic carbocycles. The van der Waals surface area contributed by atoms with Gasteiger partial charge < -0.3 is 10.6 Å². The highest BCUT2D eigenvalue weighted by molar-refractivity contribution is 6.03. The van der Waals surface area contributed by atoms with Crippen molar-refractivity contribution in [1.82, 2.24) is 0 Å². The molecule has 0 aliphatic heterocycles. The molecule has 0 heterocycles. The van der Waals surface area contributed by atoms with Crippen LogP contribution in [0.1, 0.15) is 17.5 Å².